The van der Waals surface area contributed by atoms with Gasteiger partial charge in [0, 0.05) is 37.8 Å². The number of hydrogen-bond donors (Lipinski definition) is 1. The first-order valence-electron chi connectivity index (χ1n) is 10.7. The molecule has 1 aromatic rings. The molecule has 2 saturated heterocycles. The number of piperidine rings is 2. The highest BCUT2D eigenvalue weighted by Gasteiger charge is 2.37. The molecule has 1 N–H and O–H groups in total. The van der Waals surface area contributed by atoms with Crippen molar-refractivity contribution < 1.29 is 9.59 Å². The van der Waals surface area contributed by atoms with Gasteiger partial charge in [0.15, 0.2) is 0 Å². The van der Waals surface area contributed by atoms with Crippen LogP contribution in [0.1, 0.15) is 49.9 Å². The SMILES string of the molecule is Cc1cnc(CNC(=O)[C@@H]2CCCN(C3CCN(C(=O)C4CC4)CC3)C2)cn1. The van der Waals surface area contributed by atoms with Gasteiger partial charge < -0.3 is 10.2 Å². The molecule has 152 valence electrons. The molecule has 1 aliphatic carbocycles. The lowest BCUT2D eigenvalue weighted by atomic mass is 9.93. The van der Waals surface area contributed by atoms with Crippen molar-refractivity contribution in [2.75, 3.05) is 26.2 Å². The zero-order valence-electron chi connectivity index (χ0n) is 16.8. The van der Waals surface area contributed by atoms with E-state index in [4.69, 9.17) is 0 Å². The van der Waals surface area contributed by atoms with Crippen LogP contribution in [0.25, 0.3) is 0 Å². The first-order chi connectivity index (χ1) is 13.6. The number of carbonyl (C=O) groups is 2. The molecule has 0 aromatic carbocycles. The molecule has 7 heteroatoms. The molecular weight excluding hydrogens is 354 g/mol. The number of aromatic nitrogens is 2. The average Bonchev–Trinajstić information content (AvgIpc) is 3.58. The van der Waals surface area contributed by atoms with E-state index in [1.807, 2.05) is 6.92 Å². The zero-order chi connectivity index (χ0) is 19.5. The smallest absolute Gasteiger partial charge is 0.225 e. The molecule has 3 fully saturated rings. The lowest BCUT2D eigenvalue weighted by Crippen LogP contribution is -2.51. The molecule has 0 spiro atoms. The van der Waals surface area contributed by atoms with Crippen molar-refractivity contribution in [3.05, 3.63) is 23.8 Å². The van der Waals surface area contributed by atoms with E-state index in [-0.39, 0.29) is 11.8 Å². The Balaban J connectivity index is 1.24. The van der Waals surface area contributed by atoms with Crippen LogP contribution in [-0.2, 0) is 16.1 Å². The van der Waals surface area contributed by atoms with E-state index in [9.17, 15) is 9.59 Å². The van der Waals surface area contributed by atoms with E-state index < -0.39 is 0 Å². The number of nitrogens with one attached hydrogen (secondary N) is 1. The molecular formula is C21H31N5O2. The summed E-state index contributed by atoms with van der Waals surface area (Å²) in [6.45, 7) is 5.97. The Bertz CT molecular complexity index is 695. The van der Waals surface area contributed by atoms with Gasteiger partial charge in [-0.3, -0.25) is 24.5 Å². The number of nitrogens with zero attached hydrogens (tertiary/aromatic N) is 4. The van der Waals surface area contributed by atoms with Gasteiger partial charge in [0.2, 0.25) is 11.8 Å². The topological polar surface area (TPSA) is 78.4 Å². The normalized spacial score (nSPS) is 24.2. The summed E-state index contributed by atoms with van der Waals surface area (Å²) in [5.74, 6) is 0.845. The van der Waals surface area contributed by atoms with Crippen molar-refractivity contribution in [2.24, 2.45) is 11.8 Å². The summed E-state index contributed by atoms with van der Waals surface area (Å²) in [6.07, 6.45) is 9.68. The standard InChI is InChI=1S/C21H31N5O2/c1-15-11-23-18(12-22-15)13-24-20(27)17-3-2-8-26(14-17)19-6-9-25(10-7-19)21(28)16-4-5-16/h11-12,16-17,19H,2-10,13-14H2,1H3,(H,24,27)/t17-/m1/s1. The minimum absolute atomic E-state index is 0.0401. The highest BCUT2D eigenvalue weighted by atomic mass is 16.2. The molecule has 4 rings (SSSR count). The van der Waals surface area contributed by atoms with E-state index in [0.717, 1.165) is 76.1 Å². The van der Waals surface area contributed by atoms with Crippen LogP contribution in [0, 0.1) is 18.8 Å². The molecule has 28 heavy (non-hydrogen) atoms. The lowest BCUT2D eigenvalue weighted by Gasteiger charge is -2.42. The Morgan fingerprint density at radius 1 is 1.04 bits per heavy atom. The van der Waals surface area contributed by atoms with E-state index in [2.05, 4.69) is 25.1 Å². The fraction of sp³-hybridized carbons (Fsp3) is 0.714. The van der Waals surface area contributed by atoms with Crippen LogP contribution in [0.3, 0.4) is 0 Å². The fourth-order valence-electron chi connectivity index (χ4n) is 4.42. The maximum atomic E-state index is 12.7. The second-order valence-corrected chi connectivity index (χ2v) is 8.53. The Labute approximate surface area is 166 Å². The van der Waals surface area contributed by atoms with Gasteiger partial charge in [-0.1, -0.05) is 0 Å². The van der Waals surface area contributed by atoms with Gasteiger partial charge in [-0.2, -0.15) is 0 Å². The first kappa shape index (κ1) is 19.3. The number of aryl methyl sites for hydroxylation is 1. The number of carbonyl (C=O) groups excluding carboxylic acids is 2. The van der Waals surface area contributed by atoms with E-state index in [0.29, 0.717) is 24.4 Å². The van der Waals surface area contributed by atoms with Crippen molar-refractivity contribution in [2.45, 2.75) is 58.0 Å². The third-order valence-corrected chi connectivity index (χ3v) is 6.32. The summed E-state index contributed by atoms with van der Waals surface area (Å²) < 4.78 is 0. The molecule has 0 bridgehead atoms. The molecule has 3 heterocycles. The predicted octanol–water partition coefficient (Wildman–Crippen LogP) is 1.51. The van der Waals surface area contributed by atoms with Gasteiger partial charge >= 0.3 is 0 Å². The third kappa shape index (κ3) is 4.69. The Morgan fingerprint density at radius 2 is 1.82 bits per heavy atom. The summed E-state index contributed by atoms with van der Waals surface area (Å²) in [5.41, 5.74) is 1.67. The summed E-state index contributed by atoms with van der Waals surface area (Å²) in [5, 5.41) is 3.03. The minimum atomic E-state index is 0.0401. The van der Waals surface area contributed by atoms with Crippen LogP contribution in [0.15, 0.2) is 12.4 Å². The van der Waals surface area contributed by atoms with Crippen LogP contribution in [-0.4, -0.2) is 63.8 Å². The quantitative estimate of drug-likeness (QED) is 0.831. The molecule has 3 aliphatic rings. The molecule has 0 unspecified atom stereocenters. The van der Waals surface area contributed by atoms with Crippen LogP contribution in [0.5, 0.6) is 0 Å². The highest BCUT2D eigenvalue weighted by Crippen LogP contribution is 2.32. The van der Waals surface area contributed by atoms with E-state index >= 15 is 0 Å². The van der Waals surface area contributed by atoms with Crippen molar-refractivity contribution in [3.63, 3.8) is 0 Å². The van der Waals surface area contributed by atoms with Gasteiger partial charge in [0.1, 0.15) is 0 Å². The van der Waals surface area contributed by atoms with E-state index in [1.165, 1.54) is 0 Å². The molecule has 2 amide bonds. The average molecular weight is 386 g/mol. The second-order valence-electron chi connectivity index (χ2n) is 8.53. The van der Waals surface area contributed by atoms with E-state index in [1.54, 1.807) is 12.4 Å². The van der Waals surface area contributed by atoms with Crippen molar-refractivity contribution >= 4 is 11.8 Å². The maximum absolute atomic E-state index is 12.7. The largest absolute Gasteiger partial charge is 0.350 e. The predicted molar refractivity (Wildman–Crippen MR) is 105 cm³/mol. The van der Waals surface area contributed by atoms with Crippen molar-refractivity contribution in [1.82, 2.24) is 25.1 Å². The molecule has 1 aromatic heterocycles. The monoisotopic (exact) mass is 385 g/mol. The third-order valence-electron chi connectivity index (χ3n) is 6.32. The summed E-state index contributed by atoms with van der Waals surface area (Å²) in [6, 6.07) is 0.502. The van der Waals surface area contributed by atoms with Gasteiger partial charge in [-0.25, -0.2) is 0 Å². The van der Waals surface area contributed by atoms with Crippen molar-refractivity contribution in [1.29, 1.82) is 0 Å². The molecule has 1 saturated carbocycles. The fourth-order valence-corrected chi connectivity index (χ4v) is 4.42. The highest BCUT2D eigenvalue weighted by molar-refractivity contribution is 5.81. The minimum Gasteiger partial charge on any atom is -0.350 e. The second kappa shape index (κ2) is 8.55. The molecule has 0 radical (unpaired) electrons. The zero-order valence-corrected chi connectivity index (χ0v) is 16.8. The van der Waals surface area contributed by atoms with Crippen LogP contribution < -0.4 is 5.32 Å². The Morgan fingerprint density at radius 3 is 2.50 bits per heavy atom. The molecule has 7 nitrogen and oxygen atoms in total. The number of rotatable bonds is 5. The van der Waals surface area contributed by atoms with Crippen LogP contribution in [0.2, 0.25) is 0 Å². The summed E-state index contributed by atoms with van der Waals surface area (Å²) in [7, 11) is 0. The van der Waals surface area contributed by atoms with Gasteiger partial charge in [0.25, 0.3) is 0 Å². The number of hydrogen-bond acceptors (Lipinski definition) is 5. The molecule has 1 atom stereocenters. The number of likely N-dealkylation sites (tertiary alicyclic amines) is 2. The maximum Gasteiger partial charge on any atom is 0.225 e. The van der Waals surface area contributed by atoms with Gasteiger partial charge in [-0.15, -0.1) is 0 Å². The number of amides is 2. The summed E-state index contributed by atoms with van der Waals surface area (Å²) >= 11 is 0. The Hall–Kier alpha value is -2.02. The van der Waals surface area contributed by atoms with Crippen molar-refractivity contribution in [3.8, 4) is 0 Å². The first-order valence-corrected chi connectivity index (χ1v) is 10.7. The lowest BCUT2D eigenvalue weighted by molar-refractivity contribution is -0.134. The van der Waals surface area contributed by atoms with Gasteiger partial charge in [0.05, 0.1) is 30.0 Å². The van der Waals surface area contributed by atoms with Crippen LogP contribution >= 0.6 is 0 Å². The van der Waals surface area contributed by atoms with Gasteiger partial charge in [-0.05, 0) is 52.0 Å². The Kier molecular flexibility index (Phi) is 5.90. The molecule has 2 aliphatic heterocycles. The summed E-state index contributed by atoms with van der Waals surface area (Å²) in [4.78, 5) is 38.0. The van der Waals surface area contributed by atoms with Crippen LogP contribution in [0.4, 0.5) is 0 Å².